The van der Waals surface area contributed by atoms with Crippen molar-refractivity contribution in [3.05, 3.63) is 0 Å². The molecule has 1 saturated heterocycles. The van der Waals surface area contributed by atoms with Crippen molar-refractivity contribution in [2.24, 2.45) is 5.92 Å². The van der Waals surface area contributed by atoms with Crippen molar-refractivity contribution < 1.29 is 9.59 Å². The van der Waals surface area contributed by atoms with Gasteiger partial charge in [-0.1, -0.05) is 33.6 Å². The maximum absolute atomic E-state index is 12.7. The Balaban J connectivity index is 2.78. The van der Waals surface area contributed by atoms with Crippen LogP contribution in [0, 0.1) is 5.92 Å². The Bertz CT molecular complexity index is 367. The van der Waals surface area contributed by atoms with Crippen LogP contribution in [0.5, 0.6) is 0 Å². The van der Waals surface area contributed by atoms with Crippen LogP contribution in [0.4, 0.5) is 0 Å². The molecule has 3 unspecified atom stereocenters. The van der Waals surface area contributed by atoms with Crippen LogP contribution in [0.1, 0.15) is 67.2 Å². The molecule has 4 heteroatoms. The second-order valence-corrected chi connectivity index (χ2v) is 6.74. The number of amides is 2. The molecule has 3 atom stereocenters. The molecule has 1 N–H and O–H groups in total. The van der Waals surface area contributed by atoms with E-state index in [2.05, 4.69) is 26.1 Å². The lowest BCUT2D eigenvalue weighted by Crippen LogP contribution is -2.69. The molecule has 1 aliphatic heterocycles. The SMILES string of the molecule is CCC1(C)NC(=O)C(C)N(C(C)CCCC(C)C)C1=O. The van der Waals surface area contributed by atoms with E-state index < -0.39 is 5.54 Å². The minimum absolute atomic E-state index is 0.0374. The summed E-state index contributed by atoms with van der Waals surface area (Å²) in [6.45, 7) is 12.1. The van der Waals surface area contributed by atoms with Gasteiger partial charge in [0.05, 0.1) is 0 Å². The van der Waals surface area contributed by atoms with Gasteiger partial charge in [-0.05, 0) is 39.5 Å². The highest BCUT2D eigenvalue weighted by Crippen LogP contribution is 2.25. The number of nitrogens with zero attached hydrogens (tertiary/aromatic N) is 1. The Morgan fingerprint density at radius 1 is 1.25 bits per heavy atom. The van der Waals surface area contributed by atoms with Gasteiger partial charge < -0.3 is 10.2 Å². The van der Waals surface area contributed by atoms with Gasteiger partial charge >= 0.3 is 0 Å². The zero-order valence-corrected chi connectivity index (χ0v) is 13.8. The number of hydrogen-bond donors (Lipinski definition) is 1. The van der Waals surface area contributed by atoms with Crippen molar-refractivity contribution in [3.8, 4) is 0 Å². The predicted octanol–water partition coefficient (Wildman–Crippen LogP) is 2.72. The fourth-order valence-electron chi connectivity index (χ4n) is 2.80. The van der Waals surface area contributed by atoms with Gasteiger partial charge in [-0.3, -0.25) is 9.59 Å². The van der Waals surface area contributed by atoms with Crippen LogP contribution in [0.15, 0.2) is 0 Å². The van der Waals surface area contributed by atoms with Gasteiger partial charge in [0.25, 0.3) is 0 Å². The molecule has 0 radical (unpaired) electrons. The number of carbonyl (C=O) groups excluding carboxylic acids is 2. The molecule has 0 aromatic heterocycles. The van der Waals surface area contributed by atoms with Crippen LogP contribution in [0.25, 0.3) is 0 Å². The molecule has 0 aromatic rings. The van der Waals surface area contributed by atoms with E-state index in [1.807, 2.05) is 20.8 Å². The van der Waals surface area contributed by atoms with Crippen molar-refractivity contribution in [2.75, 3.05) is 0 Å². The molecule has 116 valence electrons. The van der Waals surface area contributed by atoms with Crippen molar-refractivity contribution in [1.82, 2.24) is 10.2 Å². The monoisotopic (exact) mass is 282 g/mol. The minimum atomic E-state index is -0.740. The lowest BCUT2D eigenvalue weighted by molar-refractivity contribution is -0.156. The van der Waals surface area contributed by atoms with Crippen molar-refractivity contribution >= 4 is 11.8 Å². The first-order chi connectivity index (χ1) is 9.23. The Morgan fingerprint density at radius 3 is 2.35 bits per heavy atom. The molecule has 1 aliphatic rings. The largest absolute Gasteiger partial charge is 0.340 e. The predicted molar refractivity (Wildman–Crippen MR) is 81.3 cm³/mol. The molecular formula is C16H30N2O2. The van der Waals surface area contributed by atoms with Crippen LogP contribution >= 0.6 is 0 Å². The van der Waals surface area contributed by atoms with Gasteiger partial charge in [-0.25, -0.2) is 0 Å². The Labute approximate surface area is 123 Å². The van der Waals surface area contributed by atoms with E-state index in [1.165, 1.54) is 0 Å². The maximum Gasteiger partial charge on any atom is 0.248 e. The second kappa shape index (κ2) is 6.59. The molecule has 0 aliphatic carbocycles. The number of hydrogen-bond acceptors (Lipinski definition) is 2. The Kier molecular flexibility index (Phi) is 5.60. The zero-order valence-electron chi connectivity index (χ0n) is 13.8. The number of piperazine rings is 1. The summed E-state index contributed by atoms with van der Waals surface area (Å²) in [7, 11) is 0. The highest BCUT2D eigenvalue weighted by Gasteiger charge is 2.46. The fourth-order valence-corrected chi connectivity index (χ4v) is 2.80. The summed E-state index contributed by atoms with van der Waals surface area (Å²) in [6.07, 6.45) is 3.85. The summed E-state index contributed by atoms with van der Waals surface area (Å²) in [4.78, 5) is 26.6. The van der Waals surface area contributed by atoms with Crippen LogP contribution < -0.4 is 5.32 Å². The third-order valence-corrected chi connectivity index (χ3v) is 4.49. The summed E-state index contributed by atoms with van der Waals surface area (Å²) in [5.41, 5.74) is -0.740. The van der Waals surface area contributed by atoms with Crippen LogP contribution in [-0.2, 0) is 9.59 Å². The highest BCUT2D eigenvalue weighted by molar-refractivity contribution is 5.99. The molecule has 0 spiro atoms. The van der Waals surface area contributed by atoms with Crippen molar-refractivity contribution in [3.63, 3.8) is 0 Å². The van der Waals surface area contributed by atoms with E-state index in [0.717, 1.165) is 19.3 Å². The molecule has 0 aromatic carbocycles. The van der Waals surface area contributed by atoms with E-state index >= 15 is 0 Å². The van der Waals surface area contributed by atoms with E-state index in [1.54, 1.807) is 4.90 Å². The van der Waals surface area contributed by atoms with Gasteiger partial charge in [-0.15, -0.1) is 0 Å². The van der Waals surface area contributed by atoms with Crippen molar-refractivity contribution in [2.45, 2.75) is 84.8 Å². The standard InChI is InChI=1S/C16H30N2O2/c1-7-16(6)15(20)18(13(5)14(19)17-16)12(4)10-8-9-11(2)3/h11-13H,7-10H2,1-6H3,(H,17,19). The Hall–Kier alpha value is -1.06. The molecule has 1 rings (SSSR count). The average Bonchev–Trinajstić information content (AvgIpc) is 2.36. The third kappa shape index (κ3) is 3.53. The van der Waals surface area contributed by atoms with Crippen LogP contribution in [0.2, 0.25) is 0 Å². The average molecular weight is 282 g/mol. The molecular weight excluding hydrogens is 252 g/mol. The summed E-state index contributed by atoms with van der Waals surface area (Å²) in [6, 6.07) is -0.246. The van der Waals surface area contributed by atoms with Crippen LogP contribution in [-0.4, -0.2) is 34.3 Å². The van der Waals surface area contributed by atoms with E-state index in [-0.39, 0.29) is 23.9 Å². The van der Waals surface area contributed by atoms with Gasteiger partial charge in [0.15, 0.2) is 0 Å². The normalized spacial score (nSPS) is 28.8. The number of nitrogens with one attached hydrogen (secondary N) is 1. The molecule has 20 heavy (non-hydrogen) atoms. The van der Waals surface area contributed by atoms with E-state index in [4.69, 9.17) is 0 Å². The lowest BCUT2D eigenvalue weighted by Gasteiger charge is -2.45. The first kappa shape index (κ1) is 17.0. The summed E-state index contributed by atoms with van der Waals surface area (Å²) in [5, 5.41) is 2.87. The first-order valence-electron chi connectivity index (χ1n) is 7.87. The van der Waals surface area contributed by atoms with Crippen LogP contribution in [0.3, 0.4) is 0 Å². The first-order valence-corrected chi connectivity index (χ1v) is 7.87. The smallest absolute Gasteiger partial charge is 0.248 e. The molecule has 4 nitrogen and oxygen atoms in total. The van der Waals surface area contributed by atoms with Gasteiger partial charge in [0.2, 0.25) is 11.8 Å². The lowest BCUT2D eigenvalue weighted by atomic mass is 9.90. The maximum atomic E-state index is 12.7. The third-order valence-electron chi connectivity index (χ3n) is 4.49. The molecule has 2 amide bonds. The van der Waals surface area contributed by atoms with Gasteiger partial charge in [-0.2, -0.15) is 0 Å². The van der Waals surface area contributed by atoms with Gasteiger partial charge in [0, 0.05) is 6.04 Å². The molecule has 0 bridgehead atoms. The fraction of sp³-hybridized carbons (Fsp3) is 0.875. The summed E-state index contributed by atoms with van der Waals surface area (Å²) < 4.78 is 0. The highest BCUT2D eigenvalue weighted by atomic mass is 16.2. The quantitative estimate of drug-likeness (QED) is 0.814. The van der Waals surface area contributed by atoms with Gasteiger partial charge in [0.1, 0.15) is 11.6 Å². The molecule has 1 fully saturated rings. The van der Waals surface area contributed by atoms with E-state index in [9.17, 15) is 9.59 Å². The minimum Gasteiger partial charge on any atom is -0.340 e. The molecule has 0 saturated carbocycles. The number of rotatable bonds is 6. The summed E-state index contributed by atoms with van der Waals surface area (Å²) in [5.74, 6) is 0.703. The zero-order chi connectivity index (χ0) is 15.5. The summed E-state index contributed by atoms with van der Waals surface area (Å²) >= 11 is 0. The van der Waals surface area contributed by atoms with E-state index in [0.29, 0.717) is 12.3 Å². The topological polar surface area (TPSA) is 49.4 Å². The Morgan fingerprint density at radius 2 is 1.85 bits per heavy atom. The number of carbonyl (C=O) groups is 2. The van der Waals surface area contributed by atoms with Crippen molar-refractivity contribution in [1.29, 1.82) is 0 Å². The second-order valence-electron chi connectivity index (χ2n) is 6.74. The molecule has 1 heterocycles.